The average molecular weight is 490 g/mol. The van der Waals surface area contributed by atoms with Crippen molar-refractivity contribution in [1.82, 2.24) is 10.3 Å². The lowest BCUT2D eigenvalue weighted by Crippen LogP contribution is -2.20. The molecule has 1 aliphatic carbocycles. The third-order valence-electron chi connectivity index (χ3n) is 5.09. The fourth-order valence-corrected chi connectivity index (χ4v) is 4.22. The first-order valence-corrected chi connectivity index (χ1v) is 12.4. The molecule has 1 saturated heterocycles. The second-order valence-electron chi connectivity index (χ2n) is 7.82. The van der Waals surface area contributed by atoms with Gasteiger partial charge in [0.1, 0.15) is 11.3 Å². The molecule has 1 aliphatic heterocycles. The van der Waals surface area contributed by atoms with Gasteiger partial charge in [0.2, 0.25) is 0 Å². The molecule has 1 amide bonds. The summed E-state index contributed by atoms with van der Waals surface area (Å²) >= 11 is 1.35. The van der Waals surface area contributed by atoms with Crippen molar-refractivity contribution in [2.45, 2.75) is 32.7 Å². The number of nitrogens with zero attached hydrogens (tertiary/aromatic N) is 2. The van der Waals surface area contributed by atoms with Crippen LogP contribution in [0.4, 0.5) is 0 Å². The van der Waals surface area contributed by atoms with E-state index >= 15 is 0 Å². The molecule has 180 valence electrons. The molecule has 1 N–H and O–H groups in total. The van der Waals surface area contributed by atoms with Crippen LogP contribution < -0.4 is 10.1 Å². The fourth-order valence-electron chi connectivity index (χ4n) is 3.32. The van der Waals surface area contributed by atoms with Crippen LogP contribution >= 0.6 is 11.8 Å². The molecule has 2 fully saturated rings. The van der Waals surface area contributed by atoms with Crippen LogP contribution in [0, 0.1) is 0 Å². The first-order valence-electron chi connectivity index (χ1n) is 11.6. The summed E-state index contributed by atoms with van der Waals surface area (Å²) in [4.78, 5) is 34.0. The largest absolute Gasteiger partial charge is 0.492 e. The Kier molecular flexibility index (Phi) is 8.15. The summed E-state index contributed by atoms with van der Waals surface area (Å²) in [5.41, 5.74) is 1.80. The maximum absolute atomic E-state index is 12.3. The number of aromatic nitrogens is 1. The summed E-state index contributed by atoms with van der Waals surface area (Å²) in [6.45, 7) is 4.27. The number of fused-ring (bicyclic) bond motifs is 1. The number of amides is 1. The minimum Gasteiger partial charge on any atom is -0.492 e. The van der Waals surface area contributed by atoms with Gasteiger partial charge in [-0.3, -0.25) is 14.8 Å². The van der Waals surface area contributed by atoms with E-state index in [4.69, 9.17) is 9.47 Å². The Morgan fingerprint density at radius 3 is 2.49 bits per heavy atom. The Balaban J connectivity index is 0.000000421. The van der Waals surface area contributed by atoms with E-state index in [1.165, 1.54) is 18.0 Å². The lowest BCUT2D eigenvalue weighted by Gasteiger charge is -2.12. The van der Waals surface area contributed by atoms with Gasteiger partial charge < -0.3 is 14.8 Å². The van der Waals surface area contributed by atoms with E-state index in [2.05, 4.69) is 15.3 Å². The summed E-state index contributed by atoms with van der Waals surface area (Å²) in [5.74, 6) is -0.186. The van der Waals surface area contributed by atoms with Gasteiger partial charge in [0.15, 0.2) is 5.17 Å². The Morgan fingerprint density at radius 2 is 1.86 bits per heavy atom. The van der Waals surface area contributed by atoms with Crippen LogP contribution in [0.15, 0.2) is 70.7 Å². The third-order valence-corrected chi connectivity index (χ3v) is 6.01. The number of hydrogen-bond acceptors (Lipinski definition) is 7. The molecule has 2 heterocycles. The molecule has 35 heavy (non-hydrogen) atoms. The van der Waals surface area contributed by atoms with Gasteiger partial charge in [0.25, 0.3) is 5.91 Å². The lowest BCUT2D eigenvalue weighted by molar-refractivity contribution is -0.115. The maximum atomic E-state index is 12.3. The zero-order valence-corrected chi connectivity index (χ0v) is 20.5. The second-order valence-corrected chi connectivity index (χ2v) is 8.85. The van der Waals surface area contributed by atoms with Crippen LogP contribution in [0.25, 0.3) is 17.0 Å². The Hall–Kier alpha value is -3.65. The predicted molar refractivity (Wildman–Crippen MR) is 139 cm³/mol. The van der Waals surface area contributed by atoms with E-state index < -0.39 is 5.97 Å². The summed E-state index contributed by atoms with van der Waals surface area (Å²) in [5, 5.41) is 4.16. The predicted octanol–water partition coefficient (Wildman–Crippen LogP) is 5.22. The fraction of sp³-hybridized carbons (Fsp3) is 0.259. The molecule has 0 radical (unpaired) electrons. The van der Waals surface area contributed by atoms with Crippen LogP contribution in [0.5, 0.6) is 5.75 Å². The van der Waals surface area contributed by atoms with Crippen LogP contribution in [-0.2, 0) is 9.53 Å². The van der Waals surface area contributed by atoms with Crippen molar-refractivity contribution in [1.29, 1.82) is 0 Å². The van der Waals surface area contributed by atoms with Crippen LogP contribution in [-0.4, -0.2) is 41.3 Å². The molecular formula is C27H27N3O4S. The third kappa shape index (κ3) is 6.48. The smallest absolute Gasteiger partial charge is 0.343 e. The Bertz CT molecular complexity index is 1240. The molecule has 1 saturated carbocycles. The standard InChI is InChI=1S/C21H21N3O4S.C6H6/c1-3-27-18-14-9-12(5-8-16(14)22-11-15(18)20(26)28-4-2)10-17-19(25)24-21(29-17)23-13-6-7-13;1-2-4-6-5-3-1/h5,8-11,13H,3-4,6-7H2,1-2H3,(H,23,24,25);1-6H/b17-10-;. The molecule has 7 nitrogen and oxygen atoms in total. The number of amidine groups is 1. The SMILES string of the molecule is CCOC(=O)c1cnc2ccc(/C=C3\SC(=NC4CC4)NC3=O)cc2c1OCC.c1ccccc1. The quantitative estimate of drug-likeness (QED) is 0.377. The van der Waals surface area contributed by atoms with Gasteiger partial charge in [0.05, 0.1) is 29.7 Å². The summed E-state index contributed by atoms with van der Waals surface area (Å²) in [6, 6.07) is 17.9. The molecule has 2 aromatic carbocycles. The van der Waals surface area contributed by atoms with Gasteiger partial charge in [-0.2, -0.15) is 0 Å². The highest BCUT2D eigenvalue weighted by atomic mass is 32.2. The molecule has 8 heteroatoms. The maximum Gasteiger partial charge on any atom is 0.343 e. The minimum absolute atomic E-state index is 0.155. The number of rotatable bonds is 6. The van der Waals surface area contributed by atoms with E-state index in [1.807, 2.05) is 67.6 Å². The lowest BCUT2D eigenvalue weighted by atomic mass is 10.1. The van der Waals surface area contributed by atoms with Gasteiger partial charge in [-0.15, -0.1) is 0 Å². The zero-order valence-electron chi connectivity index (χ0n) is 19.7. The van der Waals surface area contributed by atoms with Crippen molar-refractivity contribution < 1.29 is 19.1 Å². The molecule has 5 rings (SSSR count). The van der Waals surface area contributed by atoms with Crippen molar-refractivity contribution in [3.05, 3.63) is 76.8 Å². The van der Waals surface area contributed by atoms with Crippen molar-refractivity contribution in [3.63, 3.8) is 0 Å². The molecule has 1 aromatic heterocycles. The summed E-state index contributed by atoms with van der Waals surface area (Å²) in [6.07, 6.45) is 5.45. The number of ether oxygens (including phenoxy) is 2. The van der Waals surface area contributed by atoms with Gasteiger partial charge in [0, 0.05) is 11.6 Å². The minimum atomic E-state index is -0.472. The van der Waals surface area contributed by atoms with Crippen molar-refractivity contribution in [3.8, 4) is 5.75 Å². The number of hydrogen-bond donors (Lipinski definition) is 1. The first kappa shape index (κ1) is 24.5. The number of nitrogens with one attached hydrogen (secondary N) is 1. The number of thioether (sulfide) groups is 1. The molecule has 0 atom stereocenters. The monoisotopic (exact) mass is 489 g/mol. The van der Waals surface area contributed by atoms with Crippen molar-refractivity contribution in [2.75, 3.05) is 13.2 Å². The van der Waals surface area contributed by atoms with Gasteiger partial charge in [-0.05, 0) is 62.2 Å². The van der Waals surface area contributed by atoms with Crippen LogP contribution in [0.3, 0.4) is 0 Å². The van der Waals surface area contributed by atoms with Crippen LogP contribution in [0.2, 0.25) is 0 Å². The van der Waals surface area contributed by atoms with Gasteiger partial charge in [-0.1, -0.05) is 42.5 Å². The highest BCUT2D eigenvalue weighted by Gasteiger charge is 2.28. The van der Waals surface area contributed by atoms with E-state index in [0.29, 0.717) is 39.4 Å². The number of benzene rings is 2. The van der Waals surface area contributed by atoms with Gasteiger partial charge >= 0.3 is 5.97 Å². The summed E-state index contributed by atoms with van der Waals surface area (Å²) < 4.78 is 10.9. The normalized spacial score (nSPS) is 17.1. The van der Waals surface area contributed by atoms with Crippen molar-refractivity contribution in [2.24, 2.45) is 4.99 Å². The first-order chi connectivity index (χ1) is 17.1. The summed E-state index contributed by atoms with van der Waals surface area (Å²) in [7, 11) is 0. The topological polar surface area (TPSA) is 89.9 Å². The van der Waals surface area contributed by atoms with E-state index in [-0.39, 0.29) is 18.1 Å². The second kappa shape index (κ2) is 11.7. The Labute approximate surface area is 208 Å². The highest BCUT2D eigenvalue weighted by molar-refractivity contribution is 8.18. The number of esters is 1. The number of carbonyl (C=O) groups is 2. The average Bonchev–Trinajstić information content (AvgIpc) is 3.62. The molecular weight excluding hydrogens is 462 g/mol. The number of aliphatic imine (C=N–C) groups is 1. The molecule has 2 aliphatic rings. The number of carbonyl (C=O) groups excluding carboxylic acids is 2. The van der Waals surface area contributed by atoms with E-state index in [0.717, 1.165) is 18.4 Å². The van der Waals surface area contributed by atoms with Crippen molar-refractivity contribution >= 4 is 45.8 Å². The van der Waals surface area contributed by atoms with Gasteiger partial charge in [-0.25, -0.2) is 4.79 Å². The molecule has 0 spiro atoms. The van der Waals surface area contributed by atoms with E-state index in [9.17, 15) is 9.59 Å². The molecule has 0 unspecified atom stereocenters. The highest BCUT2D eigenvalue weighted by Crippen LogP contribution is 2.33. The zero-order chi connectivity index (χ0) is 24.6. The molecule has 0 bridgehead atoms. The molecule has 3 aromatic rings. The Morgan fingerprint density at radius 1 is 1.14 bits per heavy atom. The van der Waals surface area contributed by atoms with E-state index in [1.54, 1.807) is 6.92 Å². The number of pyridine rings is 1. The van der Waals surface area contributed by atoms with Crippen LogP contribution in [0.1, 0.15) is 42.6 Å².